The van der Waals surface area contributed by atoms with Crippen molar-refractivity contribution in [1.82, 2.24) is 9.78 Å². The summed E-state index contributed by atoms with van der Waals surface area (Å²) in [6.07, 6.45) is 3.19. The Morgan fingerprint density at radius 2 is 1.76 bits per heavy atom. The summed E-state index contributed by atoms with van der Waals surface area (Å²) in [4.78, 5) is 22.8. The molecule has 1 heterocycles. The van der Waals surface area contributed by atoms with Crippen molar-refractivity contribution < 1.29 is 14.7 Å². The minimum Gasteiger partial charge on any atom is -0.478 e. The third kappa shape index (κ3) is 3.47. The average molecular weight is 287 g/mol. The third-order valence-corrected chi connectivity index (χ3v) is 2.92. The van der Waals surface area contributed by atoms with Crippen molar-refractivity contribution in [2.75, 3.05) is 5.32 Å². The number of nitrogens with one attached hydrogen (secondary N) is 1. The number of nitrogens with zero attached hydrogens (tertiary/aromatic N) is 2. The van der Waals surface area contributed by atoms with Gasteiger partial charge in [-0.05, 0) is 45.0 Å². The summed E-state index contributed by atoms with van der Waals surface area (Å²) >= 11 is 0. The Labute approximate surface area is 122 Å². The van der Waals surface area contributed by atoms with Gasteiger partial charge in [0.15, 0.2) is 0 Å². The number of anilines is 1. The lowest BCUT2D eigenvalue weighted by molar-refractivity contribution is 0.0696. The predicted octanol–water partition coefficient (Wildman–Crippen LogP) is 2.59. The van der Waals surface area contributed by atoms with Gasteiger partial charge in [-0.15, -0.1) is 0 Å². The summed E-state index contributed by atoms with van der Waals surface area (Å²) in [6.45, 7) is 5.98. The minimum atomic E-state index is -1.00. The van der Waals surface area contributed by atoms with Crippen LogP contribution in [0.2, 0.25) is 0 Å². The fourth-order valence-corrected chi connectivity index (χ4v) is 1.71. The van der Waals surface area contributed by atoms with E-state index in [0.29, 0.717) is 11.3 Å². The van der Waals surface area contributed by atoms with E-state index in [0.717, 1.165) is 0 Å². The Bertz CT molecular complexity index is 666. The summed E-state index contributed by atoms with van der Waals surface area (Å²) in [5.41, 5.74) is 0.969. The first-order valence-electron chi connectivity index (χ1n) is 6.47. The number of carboxylic acid groups (broad SMARTS) is 1. The molecule has 0 radical (unpaired) electrons. The Hall–Kier alpha value is -2.63. The number of amides is 1. The first-order chi connectivity index (χ1) is 9.77. The van der Waals surface area contributed by atoms with Crippen molar-refractivity contribution >= 4 is 17.6 Å². The molecule has 0 bridgehead atoms. The van der Waals surface area contributed by atoms with Crippen LogP contribution in [0.3, 0.4) is 0 Å². The molecule has 21 heavy (non-hydrogen) atoms. The molecular weight excluding hydrogens is 270 g/mol. The van der Waals surface area contributed by atoms with Crippen molar-refractivity contribution in [3.63, 3.8) is 0 Å². The van der Waals surface area contributed by atoms with E-state index >= 15 is 0 Å². The molecule has 0 aliphatic rings. The smallest absolute Gasteiger partial charge is 0.335 e. The van der Waals surface area contributed by atoms with Crippen molar-refractivity contribution in [3.8, 4) is 0 Å². The Morgan fingerprint density at radius 1 is 1.14 bits per heavy atom. The molecule has 6 heteroatoms. The fraction of sp³-hybridized carbons (Fsp3) is 0.267. The van der Waals surface area contributed by atoms with Gasteiger partial charge in [-0.3, -0.25) is 9.48 Å². The van der Waals surface area contributed by atoms with Crippen molar-refractivity contribution in [3.05, 3.63) is 47.8 Å². The highest BCUT2D eigenvalue weighted by Crippen LogP contribution is 2.15. The zero-order chi connectivity index (χ0) is 15.6. The lowest BCUT2D eigenvalue weighted by atomic mass is 10.1. The van der Waals surface area contributed by atoms with Crippen LogP contribution in [-0.4, -0.2) is 26.8 Å². The van der Waals surface area contributed by atoms with Gasteiger partial charge in [-0.25, -0.2) is 4.79 Å². The van der Waals surface area contributed by atoms with E-state index in [1.54, 1.807) is 23.0 Å². The van der Waals surface area contributed by atoms with Crippen LogP contribution in [0.1, 0.15) is 41.5 Å². The van der Waals surface area contributed by atoms with Crippen LogP contribution in [0.15, 0.2) is 36.7 Å². The molecule has 0 saturated carbocycles. The molecule has 2 N–H and O–H groups in total. The van der Waals surface area contributed by atoms with Gasteiger partial charge in [0.25, 0.3) is 5.91 Å². The highest BCUT2D eigenvalue weighted by molar-refractivity contribution is 6.04. The van der Waals surface area contributed by atoms with Gasteiger partial charge in [-0.2, -0.15) is 5.10 Å². The quantitative estimate of drug-likeness (QED) is 0.908. The molecule has 0 unspecified atom stereocenters. The first kappa shape index (κ1) is 14.8. The van der Waals surface area contributed by atoms with Crippen LogP contribution >= 0.6 is 0 Å². The lowest BCUT2D eigenvalue weighted by Crippen LogP contribution is -2.22. The number of carboxylic acids is 1. The molecule has 0 fully saturated rings. The maximum atomic E-state index is 12.1. The van der Waals surface area contributed by atoms with Gasteiger partial charge in [0.05, 0.1) is 22.9 Å². The van der Waals surface area contributed by atoms with Gasteiger partial charge in [0.1, 0.15) is 0 Å². The second kappa shape index (κ2) is 5.40. The molecule has 0 atom stereocenters. The van der Waals surface area contributed by atoms with E-state index in [2.05, 4.69) is 10.4 Å². The molecule has 110 valence electrons. The van der Waals surface area contributed by atoms with E-state index in [9.17, 15) is 9.59 Å². The summed E-state index contributed by atoms with van der Waals surface area (Å²) in [6, 6.07) is 5.98. The van der Waals surface area contributed by atoms with Crippen LogP contribution in [0.25, 0.3) is 0 Å². The minimum absolute atomic E-state index is 0.175. The molecular formula is C15H17N3O3. The van der Waals surface area contributed by atoms with Gasteiger partial charge < -0.3 is 10.4 Å². The van der Waals surface area contributed by atoms with Crippen LogP contribution in [0.5, 0.6) is 0 Å². The molecule has 1 aromatic heterocycles. The monoisotopic (exact) mass is 287 g/mol. The number of aromatic carboxylic acids is 1. The molecule has 0 spiro atoms. The average Bonchev–Trinajstić information content (AvgIpc) is 2.88. The van der Waals surface area contributed by atoms with E-state index in [-0.39, 0.29) is 17.0 Å². The molecule has 2 aromatic rings. The molecule has 2 rings (SSSR count). The predicted molar refractivity (Wildman–Crippen MR) is 78.6 cm³/mol. The Balaban J connectivity index is 2.11. The Kier molecular flexibility index (Phi) is 3.80. The topological polar surface area (TPSA) is 84.2 Å². The summed E-state index contributed by atoms with van der Waals surface area (Å²) in [7, 11) is 0. The fourth-order valence-electron chi connectivity index (χ4n) is 1.71. The standard InChI is InChI=1S/C15H17N3O3/c1-15(2,3)18-9-11(8-16-18)13(19)17-12-6-4-10(5-7-12)14(20)21/h4-9H,1-3H3,(H,17,19)(H,20,21). The maximum absolute atomic E-state index is 12.1. The van der Waals surface area contributed by atoms with Gasteiger partial charge in [0.2, 0.25) is 0 Å². The molecule has 6 nitrogen and oxygen atoms in total. The van der Waals surface area contributed by atoms with Crippen molar-refractivity contribution in [1.29, 1.82) is 0 Å². The molecule has 1 amide bonds. The van der Waals surface area contributed by atoms with E-state index in [1.165, 1.54) is 18.3 Å². The number of rotatable bonds is 3. The second-order valence-electron chi connectivity index (χ2n) is 5.68. The van der Waals surface area contributed by atoms with Crippen LogP contribution in [-0.2, 0) is 5.54 Å². The number of carbonyl (C=O) groups is 2. The third-order valence-electron chi connectivity index (χ3n) is 2.92. The molecule has 0 aliphatic carbocycles. The highest BCUT2D eigenvalue weighted by Gasteiger charge is 2.16. The Morgan fingerprint density at radius 3 is 2.24 bits per heavy atom. The van der Waals surface area contributed by atoms with Crippen molar-refractivity contribution in [2.24, 2.45) is 0 Å². The first-order valence-corrected chi connectivity index (χ1v) is 6.47. The second-order valence-corrected chi connectivity index (χ2v) is 5.68. The van der Waals surface area contributed by atoms with E-state index < -0.39 is 5.97 Å². The number of carbonyl (C=O) groups excluding carboxylic acids is 1. The zero-order valence-corrected chi connectivity index (χ0v) is 12.1. The number of benzene rings is 1. The molecule has 0 aliphatic heterocycles. The number of aromatic nitrogens is 2. The molecule has 1 aromatic carbocycles. The van der Waals surface area contributed by atoms with E-state index in [4.69, 9.17) is 5.11 Å². The largest absolute Gasteiger partial charge is 0.478 e. The number of hydrogen-bond acceptors (Lipinski definition) is 3. The summed E-state index contributed by atoms with van der Waals surface area (Å²) in [5.74, 6) is -1.28. The highest BCUT2D eigenvalue weighted by atomic mass is 16.4. The zero-order valence-electron chi connectivity index (χ0n) is 12.1. The maximum Gasteiger partial charge on any atom is 0.335 e. The van der Waals surface area contributed by atoms with Gasteiger partial charge in [-0.1, -0.05) is 0 Å². The summed E-state index contributed by atoms with van der Waals surface area (Å²) < 4.78 is 1.72. The summed E-state index contributed by atoms with van der Waals surface area (Å²) in [5, 5.41) is 15.7. The van der Waals surface area contributed by atoms with Crippen LogP contribution < -0.4 is 5.32 Å². The van der Waals surface area contributed by atoms with Crippen LogP contribution in [0, 0.1) is 0 Å². The van der Waals surface area contributed by atoms with Crippen molar-refractivity contribution in [2.45, 2.75) is 26.3 Å². The van der Waals surface area contributed by atoms with E-state index in [1.807, 2.05) is 20.8 Å². The SMILES string of the molecule is CC(C)(C)n1cc(C(=O)Nc2ccc(C(=O)O)cc2)cn1. The number of hydrogen-bond donors (Lipinski definition) is 2. The van der Waals surface area contributed by atoms with Gasteiger partial charge in [0, 0.05) is 11.9 Å². The normalized spacial score (nSPS) is 11.2. The molecule has 0 saturated heterocycles. The van der Waals surface area contributed by atoms with Gasteiger partial charge >= 0.3 is 5.97 Å². The lowest BCUT2D eigenvalue weighted by Gasteiger charge is -2.18. The van der Waals surface area contributed by atoms with Crippen LogP contribution in [0.4, 0.5) is 5.69 Å².